The highest BCUT2D eigenvalue weighted by Crippen LogP contribution is 2.38. The van der Waals surface area contributed by atoms with Gasteiger partial charge in [0.1, 0.15) is 5.76 Å². The van der Waals surface area contributed by atoms with Crippen LogP contribution in [0.2, 0.25) is 0 Å². The number of ether oxygens (including phenoxy) is 1. The SMILES string of the molecule is COC(=O)c1ccccc1-c1oc(Br)c2cc(CBr)ccc12. The van der Waals surface area contributed by atoms with Crippen LogP contribution in [0.3, 0.4) is 0 Å². The van der Waals surface area contributed by atoms with Crippen LogP contribution in [0.1, 0.15) is 15.9 Å². The number of alkyl halides is 1. The molecule has 0 fully saturated rings. The van der Waals surface area contributed by atoms with Gasteiger partial charge in [-0.05, 0) is 33.6 Å². The molecule has 0 aliphatic carbocycles. The largest absolute Gasteiger partial charge is 0.465 e. The fraction of sp³-hybridized carbons (Fsp3) is 0.118. The van der Waals surface area contributed by atoms with E-state index in [0.29, 0.717) is 16.0 Å². The first kappa shape index (κ1) is 15.3. The van der Waals surface area contributed by atoms with Crippen LogP contribution in [0, 0.1) is 0 Å². The van der Waals surface area contributed by atoms with E-state index in [-0.39, 0.29) is 5.97 Å². The molecule has 0 spiro atoms. The van der Waals surface area contributed by atoms with Crippen LogP contribution in [0.25, 0.3) is 22.1 Å². The van der Waals surface area contributed by atoms with Gasteiger partial charge in [0.15, 0.2) is 4.67 Å². The van der Waals surface area contributed by atoms with Crippen LogP contribution < -0.4 is 0 Å². The quantitative estimate of drug-likeness (QED) is 0.409. The number of carbonyl (C=O) groups is 1. The topological polar surface area (TPSA) is 39.4 Å². The van der Waals surface area contributed by atoms with Gasteiger partial charge in [-0.15, -0.1) is 0 Å². The summed E-state index contributed by atoms with van der Waals surface area (Å²) in [5.41, 5.74) is 2.36. The minimum absolute atomic E-state index is 0.381. The second-order valence-corrected chi connectivity index (χ2v) is 6.04. The van der Waals surface area contributed by atoms with Crippen LogP contribution >= 0.6 is 31.9 Å². The van der Waals surface area contributed by atoms with E-state index in [1.165, 1.54) is 7.11 Å². The molecule has 3 nitrogen and oxygen atoms in total. The number of hydrogen-bond donors (Lipinski definition) is 0. The van der Waals surface area contributed by atoms with Crippen LogP contribution in [0.5, 0.6) is 0 Å². The number of hydrogen-bond acceptors (Lipinski definition) is 3. The maximum Gasteiger partial charge on any atom is 0.338 e. The lowest BCUT2D eigenvalue weighted by Crippen LogP contribution is -2.02. The molecule has 22 heavy (non-hydrogen) atoms. The number of esters is 1. The summed E-state index contributed by atoms with van der Waals surface area (Å²) in [6, 6.07) is 13.4. The van der Waals surface area contributed by atoms with Crippen molar-refractivity contribution in [1.82, 2.24) is 0 Å². The van der Waals surface area contributed by atoms with Crippen molar-refractivity contribution in [3.8, 4) is 11.3 Å². The Morgan fingerprint density at radius 1 is 1.18 bits per heavy atom. The van der Waals surface area contributed by atoms with Crippen LogP contribution in [-0.2, 0) is 10.1 Å². The summed E-state index contributed by atoms with van der Waals surface area (Å²) >= 11 is 6.91. The van der Waals surface area contributed by atoms with Crippen molar-refractivity contribution < 1.29 is 13.9 Å². The van der Waals surface area contributed by atoms with E-state index in [4.69, 9.17) is 9.15 Å². The van der Waals surface area contributed by atoms with Crippen molar-refractivity contribution in [3.63, 3.8) is 0 Å². The van der Waals surface area contributed by atoms with E-state index in [0.717, 1.165) is 27.2 Å². The number of benzene rings is 2. The maximum absolute atomic E-state index is 12.0. The molecule has 0 N–H and O–H groups in total. The summed E-state index contributed by atoms with van der Waals surface area (Å²) in [5.74, 6) is 0.275. The first-order valence-corrected chi connectivity index (χ1v) is 8.51. The van der Waals surface area contributed by atoms with Crippen molar-refractivity contribution in [2.45, 2.75) is 5.33 Å². The zero-order chi connectivity index (χ0) is 15.7. The third kappa shape index (κ3) is 2.59. The summed E-state index contributed by atoms with van der Waals surface area (Å²) in [7, 11) is 1.37. The van der Waals surface area contributed by atoms with Crippen LogP contribution in [-0.4, -0.2) is 13.1 Å². The molecule has 0 aliphatic heterocycles. The van der Waals surface area contributed by atoms with Gasteiger partial charge in [-0.1, -0.05) is 46.3 Å². The molecule has 3 rings (SSSR count). The van der Waals surface area contributed by atoms with Crippen molar-refractivity contribution in [3.05, 3.63) is 58.3 Å². The second-order valence-electron chi connectivity index (χ2n) is 4.76. The lowest BCUT2D eigenvalue weighted by Gasteiger charge is -2.05. The smallest absolute Gasteiger partial charge is 0.338 e. The molecule has 0 unspecified atom stereocenters. The summed E-state index contributed by atoms with van der Waals surface area (Å²) in [6.07, 6.45) is 0. The molecule has 0 atom stereocenters. The van der Waals surface area contributed by atoms with Gasteiger partial charge in [0.2, 0.25) is 0 Å². The van der Waals surface area contributed by atoms with Gasteiger partial charge in [-0.3, -0.25) is 0 Å². The average molecular weight is 424 g/mol. The summed E-state index contributed by atoms with van der Waals surface area (Å²) in [4.78, 5) is 12.0. The molecule has 0 saturated heterocycles. The Labute approximate surface area is 144 Å². The predicted molar refractivity (Wildman–Crippen MR) is 93.3 cm³/mol. The molecular formula is C17H12Br2O3. The molecule has 0 aliphatic rings. The Morgan fingerprint density at radius 2 is 1.95 bits per heavy atom. The summed E-state index contributed by atoms with van der Waals surface area (Å²) in [5, 5.41) is 2.70. The molecule has 0 saturated carbocycles. The molecule has 5 heteroatoms. The van der Waals surface area contributed by atoms with Gasteiger partial charge < -0.3 is 9.15 Å². The molecule has 1 heterocycles. The summed E-state index contributed by atoms with van der Waals surface area (Å²) in [6.45, 7) is 0. The van der Waals surface area contributed by atoms with Crippen molar-refractivity contribution in [2.75, 3.05) is 7.11 Å². The number of carbonyl (C=O) groups excluding carboxylic acids is 1. The predicted octanol–water partition coefficient (Wildman–Crippen LogP) is 5.54. The molecule has 0 amide bonds. The van der Waals surface area contributed by atoms with Crippen molar-refractivity contribution in [2.24, 2.45) is 0 Å². The number of rotatable bonds is 3. The molecule has 0 bridgehead atoms. The Bertz CT molecular complexity index is 852. The maximum atomic E-state index is 12.0. The van der Waals surface area contributed by atoms with E-state index < -0.39 is 0 Å². The van der Waals surface area contributed by atoms with Crippen LogP contribution in [0.15, 0.2) is 51.6 Å². The second kappa shape index (κ2) is 6.26. The highest BCUT2D eigenvalue weighted by atomic mass is 79.9. The van der Waals surface area contributed by atoms with Crippen molar-refractivity contribution >= 4 is 48.6 Å². The van der Waals surface area contributed by atoms with E-state index in [1.54, 1.807) is 12.1 Å². The van der Waals surface area contributed by atoms with E-state index in [9.17, 15) is 4.79 Å². The zero-order valence-electron chi connectivity index (χ0n) is 11.7. The van der Waals surface area contributed by atoms with Gasteiger partial charge in [-0.25, -0.2) is 4.79 Å². The van der Waals surface area contributed by atoms with E-state index in [2.05, 4.69) is 37.9 Å². The molecule has 1 aromatic heterocycles. The van der Waals surface area contributed by atoms with Crippen LogP contribution in [0.4, 0.5) is 0 Å². The molecule has 0 radical (unpaired) electrons. The van der Waals surface area contributed by atoms with Gasteiger partial charge >= 0.3 is 5.97 Å². The molecule has 3 aromatic rings. The minimum atomic E-state index is -0.381. The lowest BCUT2D eigenvalue weighted by atomic mass is 10.0. The highest BCUT2D eigenvalue weighted by Gasteiger charge is 2.19. The first-order chi connectivity index (χ1) is 10.7. The third-order valence-corrected chi connectivity index (χ3v) is 4.70. The number of halogens is 2. The Hall–Kier alpha value is -1.59. The normalized spacial score (nSPS) is 10.9. The number of methoxy groups -OCH3 is 1. The fourth-order valence-electron chi connectivity index (χ4n) is 2.40. The Kier molecular flexibility index (Phi) is 4.36. The van der Waals surface area contributed by atoms with E-state index >= 15 is 0 Å². The fourth-order valence-corrected chi connectivity index (χ4v) is 3.24. The Balaban J connectivity index is 2.26. The zero-order valence-corrected chi connectivity index (χ0v) is 14.9. The highest BCUT2D eigenvalue weighted by molar-refractivity contribution is 9.10. The third-order valence-electron chi connectivity index (χ3n) is 3.46. The number of fused-ring (bicyclic) bond motifs is 1. The standard InChI is InChI=1S/C17H12Br2O3/c1-21-17(20)13-5-3-2-4-11(13)15-12-7-6-10(9-18)8-14(12)16(19)22-15/h2-8H,9H2,1H3. The van der Waals surface area contributed by atoms with E-state index in [1.807, 2.05) is 24.3 Å². The van der Waals surface area contributed by atoms with Gasteiger partial charge in [-0.2, -0.15) is 0 Å². The summed E-state index contributed by atoms with van der Waals surface area (Å²) < 4.78 is 11.4. The molecule has 112 valence electrons. The average Bonchev–Trinajstić information content (AvgIpc) is 2.90. The monoisotopic (exact) mass is 422 g/mol. The minimum Gasteiger partial charge on any atom is -0.465 e. The van der Waals surface area contributed by atoms with Gasteiger partial charge in [0.25, 0.3) is 0 Å². The first-order valence-electron chi connectivity index (χ1n) is 6.60. The Morgan fingerprint density at radius 3 is 2.68 bits per heavy atom. The number of furan rings is 1. The molecule has 2 aromatic carbocycles. The van der Waals surface area contributed by atoms with Gasteiger partial charge in [0.05, 0.1) is 12.7 Å². The lowest BCUT2D eigenvalue weighted by molar-refractivity contribution is 0.0601. The van der Waals surface area contributed by atoms with Crippen molar-refractivity contribution in [1.29, 1.82) is 0 Å². The van der Waals surface area contributed by atoms with Gasteiger partial charge in [0, 0.05) is 21.7 Å². The molecular weight excluding hydrogens is 412 g/mol.